The first-order valence-corrected chi connectivity index (χ1v) is 9.46. The number of thiophene rings is 1. The summed E-state index contributed by atoms with van der Waals surface area (Å²) in [5.74, 6) is 1.70. The lowest BCUT2D eigenvalue weighted by Gasteiger charge is -2.31. The van der Waals surface area contributed by atoms with Gasteiger partial charge in [-0.15, -0.1) is 21.5 Å². The van der Waals surface area contributed by atoms with E-state index < -0.39 is 0 Å². The normalized spacial score (nSPS) is 15.4. The van der Waals surface area contributed by atoms with Crippen molar-refractivity contribution in [1.82, 2.24) is 19.7 Å². The first-order chi connectivity index (χ1) is 12.3. The van der Waals surface area contributed by atoms with E-state index in [0.29, 0.717) is 5.92 Å². The van der Waals surface area contributed by atoms with Gasteiger partial charge in [0.15, 0.2) is 0 Å². The molecule has 0 N–H and O–H groups in total. The van der Waals surface area contributed by atoms with E-state index in [2.05, 4.69) is 26.9 Å². The summed E-state index contributed by atoms with van der Waals surface area (Å²) in [5.41, 5.74) is 1.09. The number of rotatable bonds is 4. The van der Waals surface area contributed by atoms with Gasteiger partial charge < -0.3 is 4.90 Å². The molecule has 3 aromatic rings. The minimum atomic E-state index is 0.168. The molecule has 3 heterocycles. The van der Waals surface area contributed by atoms with Crippen molar-refractivity contribution in [2.45, 2.75) is 19.3 Å². The predicted octanol–water partition coefficient (Wildman–Crippen LogP) is 3.42. The summed E-state index contributed by atoms with van der Waals surface area (Å²) < 4.78 is 2.06. The SMILES string of the molecule is O=C(c1cccs1)N1CCC(Cc2nncn2-c2ccccc2)CC1. The highest BCUT2D eigenvalue weighted by atomic mass is 32.1. The van der Waals surface area contributed by atoms with Crippen molar-refractivity contribution in [3.05, 3.63) is 64.9 Å². The van der Waals surface area contributed by atoms with E-state index in [0.717, 1.165) is 48.7 Å². The van der Waals surface area contributed by atoms with E-state index in [1.807, 2.05) is 40.6 Å². The fraction of sp³-hybridized carbons (Fsp3) is 0.316. The molecule has 0 saturated carbocycles. The summed E-state index contributed by atoms with van der Waals surface area (Å²) in [4.78, 5) is 15.2. The number of amides is 1. The number of piperidine rings is 1. The zero-order chi connectivity index (χ0) is 17.1. The van der Waals surface area contributed by atoms with E-state index in [1.54, 1.807) is 6.33 Å². The van der Waals surface area contributed by atoms with E-state index in [-0.39, 0.29) is 5.91 Å². The third-order valence-corrected chi connectivity index (χ3v) is 5.62. The van der Waals surface area contributed by atoms with Gasteiger partial charge in [0.25, 0.3) is 5.91 Å². The van der Waals surface area contributed by atoms with Crippen LogP contribution in [0.25, 0.3) is 5.69 Å². The quantitative estimate of drug-likeness (QED) is 0.723. The van der Waals surface area contributed by atoms with Crippen LogP contribution in [0.1, 0.15) is 28.3 Å². The second-order valence-corrected chi connectivity index (χ2v) is 7.32. The van der Waals surface area contributed by atoms with Crippen molar-refractivity contribution in [2.75, 3.05) is 13.1 Å². The number of benzene rings is 1. The minimum absolute atomic E-state index is 0.168. The smallest absolute Gasteiger partial charge is 0.263 e. The van der Waals surface area contributed by atoms with Gasteiger partial charge in [-0.2, -0.15) is 0 Å². The molecular weight excluding hydrogens is 332 g/mol. The van der Waals surface area contributed by atoms with Crippen LogP contribution in [0.5, 0.6) is 0 Å². The number of hydrogen-bond acceptors (Lipinski definition) is 4. The van der Waals surface area contributed by atoms with Crippen LogP contribution in [0.3, 0.4) is 0 Å². The van der Waals surface area contributed by atoms with Gasteiger partial charge in [0.1, 0.15) is 12.2 Å². The second kappa shape index (κ2) is 7.19. The Bertz CT molecular complexity index is 820. The molecule has 5 nitrogen and oxygen atoms in total. The second-order valence-electron chi connectivity index (χ2n) is 6.37. The lowest BCUT2D eigenvalue weighted by molar-refractivity contribution is 0.0694. The van der Waals surface area contributed by atoms with Crippen LogP contribution in [0.4, 0.5) is 0 Å². The van der Waals surface area contributed by atoms with E-state index >= 15 is 0 Å². The molecule has 0 unspecified atom stereocenters. The van der Waals surface area contributed by atoms with Gasteiger partial charge in [-0.1, -0.05) is 24.3 Å². The van der Waals surface area contributed by atoms with Crippen LogP contribution >= 0.6 is 11.3 Å². The highest BCUT2D eigenvalue weighted by molar-refractivity contribution is 7.12. The summed E-state index contributed by atoms with van der Waals surface area (Å²) in [7, 11) is 0. The Kier molecular flexibility index (Phi) is 4.61. The first kappa shape index (κ1) is 16.0. The van der Waals surface area contributed by atoms with Crippen LogP contribution in [0.15, 0.2) is 54.2 Å². The van der Waals surface area contributed by atoms with Gasteiger partial charge in [0.05, 0.1) is 4.88 Å². The topological polar surface area (TPSA) is 51.0 Å². The highest BCUT2D eigenvalue weighted by Crippen LogP contribution is 2.24. The molecule has 0 bridgehead atoms. The molecule has 1 aliphatic rings. The molecule has 6 heteroatoms. The lowest BCUT2D eigenvalue weighted by atomic mass is 9.93. The Morgan fingerprint density at radius 3 is 2.64 bits per heavy atom. The molecule has 0 aliphatic carbocycles. The number of likely N-dealkylation sites (tertiary alicyclic amines) is 1. The molecule has 0 atom stereocenters. The van der Waals surface area contributed by atoms with Crippen LogP contribution in [0, 0.1) is 5.92 Å². The van der Waals surface area contributed by atoms with E-state index in [4.69, 9.17) is 0 Å². The van der Waals surface area contributed by atoms with Gasteiger partial charge in [0.2, 0.25) is 0 Å². The summed E-state index contributed by atoms with van der Waals surface area (Å²) in [6.07, 6.45) is 4.70. The molecule has 2 aromatic heterocycles. The lowest BCUT2D eigenvalue weighted by Crippen LogP contribution is -2.38. The predicted molar refractivity (Wildman–Crippen MR) is 98.0 cm³/mol. The maximum Gasteiger partial charge on any atom is 0.263 e. The Morgan fingerprint density at radius 2 is 1.92 bits per heavy atom. The van der Waals surface area contributed by atoms with Crippen molar-refractivity contribution in [3.8, 4) is 5.69 Å². The Morgan fingerprint density at radius 1 is 1.12 bits per heavy atom. The monoisotopic (exact) mass is 352 g/mol. The highest BCUT2D eigenvalue weighted by Gasteiger charge is 2.25. The van der Waals surface area contributed by atoms with Gasteiger partial charge in [-0.05, 0) is 42.3 Å². The fourth-order valence-corrected chi connectivity index (χ4v) is 4.05. The average molecular weight is 352 g/mol. The molecule has 0 spiro atoms. The molecule has 4 rings (SSSR count). The van der Waals surface area contributed by atoms with Gasteiger partial charge >= 0.3 is 0 Å². The fourth-order valence-electron chi connectivity index (χ4n) is 3.36. The van der Waals surface area contributed by atoms with E-state index in [9.17, 15) is 4.79 Å². The van der Waals surface area contributed by atoms with Crippen LogP contribution < -0.4 is 0 Å². The van der Waals surface area contributed by atoms with Crippen molar-refractivity contribution in [1.29, 1.82) is 0 Å². The van der Waals surface area contributed by atoms with Crippen LogP contribution in [-0.4, -0.2) is 38.7 Å². The van der Waals surface area contributed by atoms with Gasteiger partial charge in [-0.3, -0.25) is 9.36 Å². The van der Waals surface area contributed by atoms with Crippen molar-refractivity contribution >= 4 is 17.2 Å². The number of hydrogen-bond donors (Lipinski definition) is 0. The molecule has 128 valence electrons. The average Bonchev–Trinajstić information content (AvgIpc) is 3.35. The molecule has 1 saturated heterocycles. The number of carbonyl (C=O) groups excluding carboxylic acids is 1. The molecule has 0 radical (unpaired) electrons. The molecular formula is C19H20N4OS. The minimum Gasteiger partial charge on any atom is -0.338 e. The Balaban J connectivity index is 1.38. The summed E-state index contributed by atoms with van der Waals surface area (Å²) >= 11 is 1.52. The largest absolute Gasteiger partial charge is 0.338 e. The molecule has 1 aliphatic heterocycles. The zero-order valence-corrected chi connectivity index (χ0v) is 14.7. The third-order valence-electron chi connectivity index (χ3n) is 4.76. The van der Waals surface area contributed by atoms with Crippen LogP contribution in [0.2, 0.25) is 0 Å². The number of aromatic nitrogens is 3. The van der Waals surface area contributed by atoms with Gasteiger partial charge in [0, 0.05) is 25.2 Å². The van der Waals surface area contributed by atoms with Crippen molar-refractivity contribution in [3.63, 3.8) is 0 Å². The third kappa shape index (κ3) is 3.49. The zero-order valence-electron chi connectivity index (χ0n) is 13.9. The standard InChI is InChI=1S/C19H20N4OS/c24-19(17-7-4-12-25-17)22-10-8-15(9-11-22)13-18-21-20-14-23(18)16-5-2-1-3-6-16/h1-7,12,14-15H,8-11,13H2. The summed E-state index contributed by atoms with van der Waals surface area (Å²) in [6.45, 7) is 1.64. The van der Waals surface area contributed by atoms with Gasteiger partial charge in [-0.25, -0.2) is 0 Å². The summed E-state index contributed by atoms with van der Waals surface area (Å²) in [5, 5.41) is 10.4. The molecule has 1 amide bonds. The number of carbonyl (C=O) groups is 1. The number of nitrogens with zero attached hydrogens (tertiary/aromatic N) is 4. The first-order valence-electron chi connectivity index (χ1n) is 8.58. The Labute approximate surface area is 150 Å². The summed E-state index contributed by atoms with van der Waals surface area (Å²) in [6, 6.07) is 14.0. The van der Waals surface area contributed by atoms with Crippen molar-refractivity contribution in [2.24, 2.45) is 5.92 Å². The molecule has 25 heavy (non-hydrogen) atoms. The molecule has 1 aromatic carbocycles. The maximum atomic E-state index is 12.4. The Hall–Kier alpha value is -2.47. The van der Waals surface area contributed by atoms with Crippen molar-refractivity contribution < 1.29 is 4.79 Å². The molecule has 1 fully saturated rings. The maximum absolute atomic E-state index is 12.4. The van der Waals surface area contributed by atoms with E-state index in [1.165, 1.54) is 11.3 Å². The van der Waals surface area contributed by atoms with Crippen LogP contribution in [-0.2, 0) is 6.42 Å². The number of para-hydroxylation sites is 1.